The average Bonchev–Trinajstić information content (AvgIpc) is 3.58. The monoisotopic (exact) mass is 995 g/mol. The maximum absolute atomic E-state index is 11.7. The van der Waals surface area contributed by atoms with Crippen molar-refractivity contribution < 1.29 is 9.53 Å². The molecule has 0 fully saturated rings. The number of aromatic nitrogens is 4. The number of carbonyl (C=O) groups is 1. The lowest BCUT2D eigenvalue weighted by Gasteiger charge is -2.20. The predicted octanol–water partition coefficient (Wildman–Crippen LogP) is 7.80. The first-order valence-corrected chi connectivity index (χ1v) is 19.1. The van der Waals surface area contributed by atoms with Crippen LogP contribution in [-0.4, -0.2) is 57.0 Å². The molecule has 1 amide bonds. The molecule has 5 N–H and O–H groups in total. The molecule has 2 aromatic heterocycles. The highest BCUT2D eigenvalue weighted by Crippen LogP contribution is 2.42. The maximum Gasteiger partial charge on any atom is 0.407 e. The van der Waals surface area contributed by atoms with Crippen LogP contribution in [0.15, 0.2) is 17.9 Å². The zero-order chi connectivity index (χ0) is 33.3. The van der Waals surface area contributed by atoms with E-state index in [1.165, 1.54) is 16.6 Å². The number of anilines is 2. The number of nitriles is 1. The fourth-order valence-corrected chi connectivity index (χ4v) is 8.79. The molecule has 246 valence electrons. The Labute approximate surface area is 314 Å². The van der Waals surface area contributed by atoms with Crippen LogP contribution >= 0.6 is 86.3 Å². The fourth-order valence-electron chi connectivity index (χ4n) is 5.66. The quantitative estimate of drug-likeness (QED) is 0.0834. The molecular weight excluding hydrogens is 965 g/mol. The number of amides is 1. The largest absolute Gasteiger partial charge is 0.444 e. The SMILES string of the molecule is CC(C)(C)OC(=O)NCCNc1nc2c(I)c(Br)c(Br)c3c2n1CCC3.N#Cc1c(Br)c(Br)c2c3c1nc(NCCN)n3CCC2. The molecule has 0 bridgehead atoms. The van der Waals surface area contributed by atoms with E-state index in [4.69, 9.17) is 15.5 Å². The van der Waals surface area contributed by atoms with E-state index < -0.39 is 11.7 Å². The molecule has 0 atom stereocenters. The van der Waals surface area contributed by atoms with Gasteiger partial charge >= 0.3 is 6.09 Å². The predicted molar refractivity (Wildman–Crippen MR) is 205 cm³/mol. The minimum absolute atomic E-state index is 0.404. The van der Waals surface area contributed by atoms with Crippen molar-refractivity contribution >= 4 is 126 Å². The van der Waals surface area contributed by atoms with Crippen LogP contribution in [0.3, 0.4) is 0 Å². The third kappa shape index (κ3) is 7.19. The summed E-state index contributed by atoms with van der Waals surface area (Å²) in [5.41, 5.74) is 12.2. The van der Waals surface area contributed by atoms with Crippen molar-refractivity contribution in [2.75, 3.05) is 36.8 Å². The van der Waals surface area contributed by atoms with Gasteiger partial charge in [-0.1, -0.05) is 0 Å². The van der Waals surface area contributed by atoms with Crippen LogP contribution in [0, 0.1) is 14.9 Å². The van der Waals surface area contributed by atoms with E-state index in [9.17, 15) is 10.1 Å². The summed E-state index contributed by atoms with van der Waals surface area (Å²) in [4.78, 5) is 21.1. The summed E-state index contributed by atoms with van der Waals surface area (Å²) in [5, 5.41) is 18.8. The first kappa shape index (κ1) is 35.7. The van der Waals surface area contributed by atoms with Crippen LogP contribution in [-0.2, 0) is 30.7 Å². The number of rotatable bonds is 7. The Hall–Kier alpha value is -1.65. The molecule has 0 unspecified atom stereocenters. The Morgan fingerprint density at radius 1 is 0.913 bits per heavy atom. The maximum atomic E-state index is 11.7. The van der Waals surface area contributed by atoms with Crippen LogP contribution < -0.4 is 21.7 Å². The van der Waals surface area contributed by atoms with Gasteiger partial charge in [0, 0.05) is 52.7 Å². The summed E-state index contributed by atoms with van der Waals surface area (Å²) in [7, 11) is 0. The summed E-state index contributed by atoms with van der Waals surface area (Å²) in [6.45, 7) is 9.66. The number of alkyl carbamates (subject to hydrolysis) is 1. The second-order valence-corrected chi connectivity index (χ2v) is 16.1. The second-order valence-electron chi connectivity index (χ2n) is 11.9. The number of hydrogen-bond acceptors (Lipinski definition) is 8. The molecule has 6 rings (SSSR count). The lowest BCUT2D eigenvalue weighted by molar-refractivity contribution is 0.0530. The molecule has 0 saturated carbocycles. The lowest BCUT2D eigenvalue weighted by atomic mass is 10.0. The molecule has 4 heterocycles. The van der Waals surface area contributed by atoms with Crippen LogP contribution in [0.1, 0.15) is 50.3 Å². The van der Waals surface area contributed by atoms with Gasteiger partial charge in [-0.2, -0.15) is 5.26 Å². The number of hydrogen-bond donors (Lipinski definition) is 4. The summed E-state index contributed by atoms with van der Waals surface area (Å²) in [6, 6.07) is 2.25. The van der Waals surface area contributed by atoms with Gasteiger partial charge in [-0.05, 0) is 144 Å². The number of halogens is 5. The first-order valence-electron chi connectivity index (χ1n) is 14.9. The Morgan fingerprint density at radius 3 is 2.02 bits per heavy atom. The minimum Gasteiger partial charge on any atom is -0.444 e. The van der Waals surface area contributed by atoms with Crippen molar-refractivity contribution in [2.24, 2.45) is 5.73 Å². The van der Waals surface area contributed by atoms with Gasteiger partial charge in [0.05, 0.1) is 24.6 Å². The summed E-state index contributed by atoms with van der Waals surface area (Å²) in [6.07, 6.45) is 3.77. The second kappa shape index (κ2) is 14.9. The summed E-state index contributed by atoms with van der Waals surface area (Å²) < 4.78 is 14.7. The molecule has 2 aliphatic heterocycles. The van der Waals surface area contributed by atoms with E-state index in [0.717, 1.165) is 88.7 Å². The highest BCUT2D eigenvalue weighted by molar-refractivity contribution is 14.1. The summed E-state index contributed by atoms with van der Waals surface area (Å²) >= 11 is 16.8. The minimum atomic E-state index is -0.490. The van der Waals surface area contributed by atoms with E-state index >= 15 is 0 Å². The van der Waals surface area contributed by atoms with E-state index in [0.29, 0.717) is 31.7 Å². The van der Waals surface area contributed by atoms with Crippen molar-refractivity contribution in [1.82, 2.24) is 24.4 Å². The van der Waals surface area contributed by atoms with Gasteiger partial charge in [0.15, 0.2) is 0 Å². The van der Waals surface area contributed by atoms with Crippen molar-refractivity contribution in [3.8, 4) is 6.07 Å². The van der Waals surface area contributed by atoms with Gasteiger partial charge in [0.1, 0.15) is 22.7 Å². The normalized spacial score (nSPS) is 13.7. The zero-order valence-corrected chi connectivity index (χ0v) is 34.1. The molecule has 16 heteroatoms. The molecular formula is C30H34Br4IN9O2. The van der Waals surface area contributed by atoms with Gasteiger partial charge in [0.25, 0.3) is 0 Å². The van der Waals surface area contributed by atoms with Gasteiger partial charge in [0.2, 0.25) is 11.9 Å². The number of nitrogens with one attached hydrogen (secondary N) is 3. The van der Waals surface area contributed by atoms with Crippen LogP contribution in [0.5, 0.6) is 0 Å². The zero-order valence-electron chi connectivity index (χ0n) is 25.6. The fraction of sp³-hybridized carbons (Fsp3) is 0.467. The third-order valence-corrected chi connectivity index (χ3v) is 13.7. The molecule has 0 radical (unpaired) electrons. The van der Waals surface area contributed by atoms with Crippen molar-refractivity contribution in [2.45, 2.75) is 65.1 Å². The molecule has 11 nitrogen and oxygen atoms in total. The molecule has 2 aliphatic rings. The van der Waals surface area contributed by atoms with E-state index in [1.54, 1.807) is 0 Å². The van der Waals surface area contributed by atoms with Crippen LogP contribution in [0.4, 0.5) is 16.7 Å². The molecule has 0 spiro atoms. The van der Waals surface area contributed by atoms with E-state index in [1.807, 2.05) is 20.8 Å². The third-order valence-electron chi connectivity index (χ3n) is 7.51. The highest BCUT2D eigenvalue weighted by Gasteiger charge is 2.26. The smallest absolute Gasteiger partial charge is 0.407 e. The van der Waals surface area contributed by atoms with Gasteiger partial charge < -0.3 is 35.6 Å². The van der Waals surface area contributed by atoms with Crippen LogP contribution in [0.25, 0.3) is 22.1 Å². The van der Waals surface area contributed by atoms with E-state index in [-0.39, 0.29) is 0 Å². The molecule has 0 saturated heterocycles. The number of nitrogens with zero attached hydrogens (tertiary/aromatic N) is 5. The number of carbonyl (C=O) groups excluding carboxylic acids is 1. The molecule has 4 aromatic rings. The lowest BCUT2D eigenvalue weighted by Crippen LogP contribution is -2.35. The topological polar surface area (TPSA) is 148 Å². The Morgan fingerprint density at radius 2 is 1.46 bits per heavy atom. The standard InChI is InChI=1S/C17H21Br2IN4O2.C13H13Br2N5/c1-17(2,3)26-16(25)22-7-6-21-15-23-13-12(20)11(19)10(18)9-5-4-8-24(15)14(9)13;14-9-7-2-1-5-20-12(7)11(8(6-17)10(9)15)19-13(20)18-4-3-16/h4-8H2,1-3H3,(H,21,23)(H,22,25);1-5,16H2,(H,18,19). The Bertz CT molecular complexity index is 1860. The van der Waals surface area contributed by atoms with Gasteiger partial charge in [-0.15, -0.1) is 0 Å². The number of imidazole rings is 2. The number of aryl methyl sites for hydroxylation is 4. The Kier molecular flexibility index (Phi) is 11.5. The van der Waals surface area contributed by atoms with Gasteiger partial charge in [-0.25, -0.2) is 14.8 Å². The van der Waals surface area contributed by atoms with Gasteiger partial charge in [-0.3, -0.25) is 0 Å². The highest BCUT2D eigenvalue weighted by atomic mass is 127. The number of benzene rings is 2. The van der Waals surface area contributed by atoms with Crippen molar-refractivity contribution in [3.05, 3.63) is 38.2 Å². The first-order chi connectivity index (χ1) is 21.9. The number of ether oxygens (including phenoxy) is 1. The van der Waals surface area contributed by atoms with Crippen molar-refractivity contribution in [3.63, 3.8) is 0 Å². The van der Waals surface area contributed by atoms with E-state index in [2.05, 4.69) is 122 Å². The van der Waals surface area contributed by atoms with Crippen LogP contribution in [0.2, 0.25) is 0 Å². The average molecular weight is 999 g/mol. The number of nitrogens with two attached hydrogens (primary N) is 1. The Balaban J connectivity index is 0.000000187. The molecule has 46 heavy (non-hydrogen) atoms. The van der Waals surface area contributed by atoms with Crippen molar-refractivity contribution in [1.29, 1.82) is 5.26 Å². The molecule has 2 aromatic carbocycles. The summed E-state index contributed by atoms with van der Waals surface area (Å²) in [5.74, 6) is 1.64. The molecule has 0 aliphatic carbocycles.